The minimum Gasteiger partial charge on any atom is -0.490 e. The van der Waals surface area contributed by atoms with Crippen LogP contribution in [0.1, 0.15) is 18.1 Å². The van der Waals surface area contributed by atoms with Crippen molar-refractivity contribution in [3.05, 3.63) is 82.9 Å². The zero-order chi connectivity index (χ0) is 21.3. The lowest BCUT2D eigenvalue weighted by Crippen LogP contribution is -2.20. The normalized spacial score (nSPS) is 10.8. The van der Waals surface area contributed by atoms with Crippen LogP contribution in [0.3, 0.4) is 0 Å². The predicted octanol–water partition coefficient (Wildman–Crippen LogP) is 5.82. The van der Waals surface area contributed by atoms with E-state index in [2.05, 4.69) is 10.3 Å². The van der Waals surface area contributed by atoms with E-state index in [1.165, 1.54) is 0 Å². The molecule has 154 valence electrons. The number of carbonyl (C=O) groups is 1. The first-order valence-corrected chi connectivity index (χ1v) is 9.98. The van der Waals surface area contributed by atoms with Gasteiger partial charge in [0.25, 0.3) is 5.91 Å². The van der Waals surface area contributed by atoms with Crippen molar-refractivity contribution in [1.29, 1.82) is 0 Å². The number of halogens is 1. The molecule has 0 aliphatic rings. The SMILES string of the molecule is CCOc1cc(C=Nc2cccc(Cl)c2C)ccc1OCC(=O)Nc1ccccc1. The lowest BCUT2D eigenvalue weighted by molar-refractivity contribution is -0.118. The van der Waals surface area contributed by atoms with Crippen molar-refractivity contribution in [2.45, 2.75) is 13.8 Å². The van der Waals surface area contributed by atoms with E-state index in [1.807, 2.05) is 74.5 Å². The van der Waals surface area contributed by atoms with Gasteiger partial charge in [-0.2, -0.15) is 0 Å². The van der Waals surface area contributed by atoms with E-state index in [1.54, 1.807) is 12.3 Å². The Morgan fingerprint density at radius 3 is 2.60 bits per heavy atom. The molecule has 3 rings (SSSR count). The number of hydrogen-bond donors (Lipinski definition) is 1. The Kier molecular flexibility index (Phi) is 7.46. The third-order valence-electron chi connectivity index (χ3n) is 4.28. The average Bonchev–Trinajstić information content (AvgIpc) is 2.75. The lowest BCUT2D eigenvalue weighted by Gasteiger charge is -2.12. The highest BCUT2D eigenvalue weighted by Crippen LogP contribution is 2.29. The fourth-order valence-electron chi connectivity index (χ4n) is 2.73. The molecule has 3 aromatic carbocycles. The summed E-state index contributed by atoms with van der Waals surface area (Å²) < 4.78 is 11.4. The van der Waals surface area contributed by atoms with Crippen LogP contribution in [-0.2, 0) is 4.79 Å². The minimum absolute atomic E-state index is 0.121. The first-order chi connectivity index (χ1) is 14.6. The van der Waals surface area contributed by atoms with Crippen molar-refractivity contribution in [2.24, 2.45) is 4.99 Å². The van der Waals surface area contributed by atoms with Crippen molar-refractivity contribution in [2.75, 3.05) is 18.5 Å². The number of ether oxygens (including phenoxy) is 2. The molecule has 3 aromatic rings. The molecule has 0 saturated carbocycles. The van der Waals surface area contributed by atoms with Gasteiger partial charge >= 0.3 is 0 Å². The number of aliphatic imine (C=N–C) groups is 1. The summed E-state index contributed by atoms with van der Waals surface area (Å²) in [6.07, 6.45) is 1.74. The maximum absolute atomic E-state index is 12.1. The number of rotatable bonds is 8. The Bertz CT molecular complexity index is 1040. The lowest BCUT2D eigenvalue weighted by atomic mass is 10.2. The summed E-state index contributed by atoms with van der Waals surface area (Å²) in [5.41, 5.74) is 3.29. The van der Waals surface area contributed by atoms with E-state index in [4.69, 9.17) is 21.1 Å². The van der Waals surface area contributed by atoms with E-state index < -0.39 is 0 Å². The van der Waals surface area contributed by atoms with Crippen LogP contribution in [0.4, 0.5) is 11.4 Å². The van der Waals surface area contributed by atoms with E-state index >= 15 is 0 Å². The minimum atomic E-state index is -0.245. The molecule has 1 N–H and O–H groups in total. The predicted molar refractivity (Wildman–Crippen MR) is 122 cm³/mol. The second kappa shape index (κ2) is 10.5. The Morgan fingerprint density at radius 2 is 1.83 bits per heavy atom. The molecule has 0 fully saturated rings. The summed E-state index contributed by atoms with van der Waals surface area (Å²) in [4.78, 5) is 16.7. The zero-order valence-corrected chi connectivity index (χ0v) is 17.6. The maximum atomic E-state index is 12.1. The monoisotopic (exact) mass is 422 g/mol. The Balaban J connectivity index is 1.69. The summed E-state index contributed by atoms with van der Waals surface area (Å²) in [5.74, 6) is 0.804. The third-order valence-corrected chi connectivity index (χ3v) is 4.69. The fraction of sp³-hybridized carbons (Fsp3) is 0.167. The number of para-hydroxylation sites is 1. The van der Waals surface area contributed by atoms with Crippen molar-refractivity contribution in [3.63, 3.8) is 0 Å². The molecular weight excluding hydrogens is 400 g/mol. The smallest absolute Gasteiger partial charge is 0.262 e. The molecule has 5 nitrogen and oxygen atoms in total. The third kappa shape index (κ3) is 5.84. The first-order valence-electron chi connectivity index (χ1n) is 9.60. The molecule has 0 aliphatic carbocycles. The molecule has 0 bridgehead atoms. The van der Waals surface area contributed by atoms with Crippen LogP contribution in [0.2, 0.25) is 5.02 Å². The number of carbonyl (C=O) groups excluding carboxylic acids is 1. The van der Waals surface area contributed by atoms with E-state index in [-0.39, 0.29) is 12.5 Å². The topological polar surface area (TPSA) is 59.9 Å². The van der Waals surface area contributed by atoms with Crippen molar-refractivity contribution < 1.29 is 14.3 Å². The van der Waals surface area contributed by atoms with Crippen LogP contribution in [0, 0.1) is 6.92 Å². The quantitative estimate of drug-likeness (QED) is 0.465. The van der Waals surface area contributed by atoms with Gasteiger partial charge in [0.15, 0.2) is 18.1 Å². The number of nitrogens with zero attached hydrogens (tertiary/aromatic N) is 1. The summed E-state index contributed by atoms with van der Waals surface area (Å²) >= 11 is 6.15. The van der Waals surface area contributed by atoms with Crippen molar-refractivity contribution in [3.8, 4) is 11.5 Å². The van der Waals surface area contributed by atoms with Gasteiger partial charge in [0.05, 0.1) is 12.3 Å². The summed E-state index contributed by atoms with van der Waals surface area (Å²) in [6, 6.07) is 20.3. The van der Waals surface area contributed by atoms with Gasteiger partial charge in [-0.1, -0.05) is 35.9 Å². The summed E-state index contributed by atoms with van der Waals surface area (Å²) in [5, 5.41) is 3.46. The Hall–Kier alpha value is -3.31. The average molecular weight is 423 g/mol. The number of amides is 1. The second-order valence-corrected chi connectivity index (χ2v) is 6.89. The molecule has 0 aromatic heterocycles. The Morgan fingerprint density at radius 1 is 1.03 bits per heavy atom. The molecule has 0 radical (unpaired) electrons. The molecule has 0 aliphatic heterocycles. The van der Waals surface area contributed by atoms with Crippen LogP contribution >= 0.6 is 11.6 Å². The number of benzene rings is 3. The van der Waals surface area contributed by atoms with Gasteiger partial charge in [-0.05, 0) is 67.4 Å². The molecule has 30 heavy (non-hydrogen) atoms. The zero-order valence-electron chi connectivity index (χ0n) is 16.9. The van der Waals surface area contributed by atoms with Crippen molar-refractivity contribution in [1.82, 2.24) is 0 Å². The highest BCUT2D eigenvalue weighted by molar-refractivity contribution is 6.31. The molecule has 0 atom stereocenters. The largest absolute Gasteiger partial charge is 0.490 e. The standard InChI is InChI=1S/C24H23ClN2O3/c1-3-29-23-14-18(15-26-21-11-7-10-20(25)17(21)2)12-13-22(23)30-16-24(28)27-19-8-5-4-6-9-19/h4-15H,3,16H2,1-2H3,(H,27,28). The molecule has 6 heteroatoms. The van der Waals surface area contributed by atoms with E-state index in [9.17, 15) is 4.79 Å². The molecule has 0 saturated heterocycles. The maximum Gasteiger partial charge on any atom is 0.262 e. The highest BCUT2D eigenvalue weighted by atomic mass is 35.5. The Labute approximate surface area is 181 Å². The molecule has 0 spiro atoms. The van der Waals surface area contributed by atoms with Gasteiger partial charge in [0.1, 0.15) is 0 Å². The summed E-state index contributed by atoms with van der Waals surface area (Å²) in [7, 11) is 0. The van der Waals surface area contributed by atoms with Crippen LogP contribution in [0.15, 0.2) is 71.7 Å². The van der Waals surface area contributed by atoms with Crippen LogP contribution in [0.5, 0.6) is 11.5 Å². The molecule has 0 heterocycles. The summed E-state index contributed by atoms with van der Waals surface area (Å²) in [6.45, 7) is 4.17. The van der Waals surface area contributed by atoms with Gasteiger partial charge < -0.3 is 14.8 Å². The molecule has 1 amide bonds. The first kappa shape index (κ1) is 21.4. The van der Waals surface area contributed by atoms with Crippen LogP contribution in [-0.4, -0.2) is 25.3 Å². The van der Waals surface area contributed by atoms with Crippen LogP contribution in [0.25, 0.3) is 0 Å². The van der Waals surface area contributed by atoms with Crippen LogP contribution < -0.4 is 14.8 Å². The van der Waals surface area contributed by atoms with Gasteiger partial charge in [0.2, 0.25) is 0 Å². The van der Waals surface area contributed by atoms with Gasteiger partial charge in [-0.25, -0.2) is 0 Å². The number of nitrogens with one attached hydrogen (secondary N) is 1. The fourth-order valence-corrected chi connectivity index (χ4v) is 2.90. The number of hydrogen-bond acceptors (Lipinski definition) is 4. The molecular formula is C24H23ClN2O3. The number of anilines is 1. The van der Waals surface area contributed by atoms with E-state index in [0.717, 1.165) is 22.5 Å². The van der Waals surface area contributed by atoms with Gasteiger partial charge in [-0.3, -0.25) is 9.79 Å². The van der Waals surface area contributed by atoms with Gasteiger partial charge in [-0.15, -0.1) is 0 Å². The van der Waals surface area contributed by atoms with Crippen molar-refractivity contribution >= 4 is 35.1 Å². The van der Waals surface area contributed by atoms with Gasteiger partial charge in [0, 0.05) is 16.9 Å². The van der Waals surface area contributed by atoms with E-state index in [0.29, 0.717) is 23.1 Å². The second-order valence-electron chi connectivity index (χ2n) is 6.48. The molecule has 0 unspecified atom stereocenters. The highest BCUT2D eigenvalue weighted by Gasteiger charge is 2.09.